The van der Waals surface area contributed by atoms with E-state index in [9.17, 15) is 14.4 Å². The lowest BCUT2D eigenvalue weighted by Crippen LogP contribution is -2.55. The van der Waals surface area contributed by atoms with Gasteiger partial charge in [0.15, 0.2) is 0 Å². The van der Waals surface area contributed by atoms with Crippen LogP contribution in [-0.4, -0.2) is 42.0 Å². The number of urea groups is 1. The van der Waals surface area contributed by atoms with Gasteiger partial charge >= 0.3 is 12.0 Å². The molecule has 6 atom stereocenters. The molecule has 0 aliphatic heterocycles. The summed E-state index contributed by atoms with van der Waals surface area (Å²) in [6.07, 6.45) is 11.2. The largest absolute Gasteiger partial charge is 0.466 e. The van der Waals surface area contributed by atoms with E-state index in [0.717, 1.165) is 50.5 Å². The zero-order valence-corrected chi connectivity index (χ0v) is 22.6. The SMILES string of the molecule is COC(=O)C1=CC2=CCC3C(CC[C@@]4(C)C3CC[C@@H]4C(=O)N(C(=O)NC(C)C)C(C)C)[C@@]2(C)CC1. The summed E-state index contributed by atoms with van der Waals surface area (Å²) in [5, 5.41) is 2.93. The third-order valence-electron chi connectivity index (χ3n) is 9.90. The van der Waals surface area contributed by atoms with Crippen LogP contribution in [0.2, 0.25) is 0 Å². The number of rotatable bonds is 4. The maximum Gasteiger partial charge on any atom is 0.333 e. The predicted molar refractivity (Wildman–Crippen MR) is 136 cm³/mol. The van der Waals surface area contributed by atoms with Crippen molar-refractivity contribution in [2.24, 2.45) is 34.5 Å². The quantitative estimate of drug-likeness (QED) is 0.525. The Bertz CT molecular complexity index is 950. The number of amides is 3. The number of ether oxygens (including phenoxy) is 1. The molecule has 0 aromatic carbocycles. The highest BCUT2D eigenvalue weighted by atomic mass is 16.5. The Morgan fingerprint density at radius 3 is 2.40 bits per heavy atom. The monoisotopic (exact) mass is 484 g/mol. The van der Waals surface area contributed by atoms with E-state index in [1.165, 1.54) is 17.6 Å². The third-order valence-corrected chi connectivity index (χ3v) is 9.90. The molecule has 0 aromatic rings. The minimum Gasteiger partial charge on any atom is -0.466 e. The maximum atomic E-state index is 13.9. The second kappa shape index (κ2) is 9.40. The van der Waals surface area contributed by atoms with Crippen LogP contribution in [0, 0.1) is 34.5 Å². The van der Waals surface area contributed by atoms with Crippen molar-refractivity contribution >= 4 is 17.9 Å². The minimum absolute atomic E-state index is 0.00294. The van der Waals surface area contributed by atoms with Crippen LogP contribution >= 0.6 is 0 Å². The molecule has 0 radical (unpaired) electrons. The summed E-state index contributed by atoms with van der Waals surface area (Å²) in [7, 11) is 1.45. The van der Waals surface area contributed by atoms with Crippen LogP contribution in [0.15, 0.2) is 23.3 Å². The number of carbonyl (C=O) groups is 3. The van der Waals surface area contributed by atoms with Crippen molar-refractivity contribution in [3.05, 3.63) is 23.3 Å². The summed E-state index contributed by atoms with van der Waals surface area (Å²) in [5.41, 5.74) is 2.09. The Morgan fingerprint density at radius 1 is 1.06 bits per heavy atom. The molecule has 0 spiro atoms. The molecule has 4 aliphatic rings. The molecule has 1 N–H and O–H groups in total. The van der Waals surface area contributed by atoms with Crippen LogP contribution in [0.25, 0.3) is 0 Å². The highest BCUT2D eigenvalue weighted by Gasteiger charge is 2.60. The second-order valence-electron chi connectivity index (χ2n) is 12.4. The molecule has 0 bridgehead atoms. The number of allylic oxidation sites excluding steroid dienone is 3. The van der Waals surface area contributed by atoms with Gasteiger partial charge in [-0.05, 0) is 113 Å². The molecule has 6 heteroatoms. The van der Waals surface area contributed by atoms with Crippen molar-refractivity contribution in [1.29, 1.82) is 0 Å². The molecule has 4 aliphatic carbocycles. The topological polar surface area (TPSA) is 75.7 Å². The van der Waals surface area contributed by atoms with Gasteiger partial charge in [-0.25, -0.2) is 9.59 Å². The van der Waals surface area contributed by atoms with E-state index in [0.29, 0.717) is 17.8 Å². The van der Waals surface area contributed by atoms with Crippen molar-refractivity contribution in [2.75, 3.05) is 7.11 Å². The molecule has 3 amide bonds. The number of hydrogen-bond acceptors (Lipinski definition) is 4. The van der Waals surface area contributed by atoms with Gasteiger partial charge in [0, 0.05) is 23.6 Å². The number of nitrogens with one attached hydrogen (secondary N) is 1. The fourth-order valence-electron chi connectivity index (χ4n) is 8.10. The van der Waals surface area contributed by atoms with E-state index < -0.39 is 0 Å². The highest BCUT2D eigenvalue weighted by Crippen LogP contribution is 2.66. The minimum atomic E-state index is -0.270. The summed E-state index contributed by atoms with van der Waals surface area (Å²) in [5.74, 6) is 1.28. The first-order chi connectivity index (χ1) is 16.4. The lowest BCUT2D eigenvalue weighted by molar-refractivity contribution is -0.140. The number of fused-ring (bicyclic) bond motifs is 5. The summed E-state index contributed by atoms with van der Waals surface area (Å²) in [6, 6.07) is -0.446. The van der Waals surface area contributed by atoms with Gasteiger partial charge in [-0.15, -0.1) is 0 Å². The molecule has 35 heavy (non-hydrogen) atoms. The average molecular weight is 485 g/mol. The molecule has 0 saturated heterocycles. The second-order valence-corrected chi connectivity index (χ2v) is 12.4. The lowest BCUT2D eigenvalue weighted by Gasteiger charge is -2.57. The first kappa shape index (κ1) is 26.0. The van der Waals surface area contributed by atoms with Crippen molar-refractivity contribution in [3.8, 4) is 0 Å². The Morgan fingerprint density at radius 2 is 1.77 bits per heavy atom. The van der Waals surface area contributed by atoms with Gasteiger partial charge < -0.3 is 10.1 Å². The normalized spacial score (nSPS) is 35.9. The van der Waals surface area contributed by atoms with Crippen molar-refractivity contribution in [3.63, 3.8) is 0 Å². The van der Waals surface area contributed by atoms with E-state index in [4.69, 9.17) is 4.74 Å². The fraction of sp³-hybridized carbons (Fsp3) is 0.759. The molecule has 6 nitrogen and oxygen atoms in total. The zero-order chi connectivity index (χ0) is 25.7. The first-order valence-corrected chi connectivity index (χ1v) is 13.6. The highest BCUT2D eigenvalue weighted by molar-refractivity contribution is 5.96. The first-order valence-electron chi connectivity index (χ1n) is 13.6. The summed E-state index contributed by atoms with van der Waals surface area (Å²) in [6.45, 7) is 12.4. The molecule has 4 rings (SSSR count). The van der Waals surface area contributed by atoms with Crippen LogP contribution < -0.4 is 5.32 Å². The number of imide groups is 1. The fourth-order valence-corrected chi connectivity index (χ4v) is 8.10. The van der Waals surface area contributed by atoms with E-state index in [2.05, 4.69) is 31.3 Å². The third kappa shape index (κ3) is 4.25. The van der Waals surface area contributed by atoms with Crippen LogP contribution in [0.3, 0.4) is 0 Å². The smallest absolute Gasteiger partial charge is 0.333 e. The Balaban J connectivity index is 1.58. The van der Waals surface area contributed by atoms with Gasteiger partial charge in [-0.1, -0.05) is 19.9 Å². The lowest BCUT2D eigenvalue weighted by atomic mass is 9.48. The van der Waals surface area contributed by atoms with Gasteiger partial charge in [0.25, 0.3) is 0 Å². The van der Waals surface area contributed by atoms with E-state index in [1.54, 1.807) is 0 Å². The Hall–Kier alpha value is -2.11. The summed E-state index contributed by atoms with van der Waals surface area (Å²) >= 11 is 0. The zero-order valence-electron chi connectivity index (χ0n) is 22.6. The Kier molecular flexibility index (Phi) is 6.98. The summed E-state index contributed by atoms with van der Waals surface area (Å²) in [4.78, 5) is 40.4. The van der Waals surface area contributed by atoms with Crippen molar-refractivity contribution < 1.29 is 19.1 Å². The molecule has 0 aromatic heterocycles. The van der Waals surface area contributed by atoms with Gasteiger partial charge in [0.1, 0.15) is 0 Å². The molecule has 0 heterocycles. The number of hydrogen-bond donors (Lipinski definition) is 1. The maximum absolute atomic E-state index is 13.9. The van der Waals surface area contributed by atoms with Gasteiger partial charge in [-0.2, -0.15) is 0 Å². The van der Waals surface area contributed by atoms with E-state index in [1.807, 2.05) is 27.7 Å². The van der Waals surface area contributed by atoms with Crippen molar-refractivity contribution in [2.45, 2.75) is 98.6 Å². The number of nitrogens with zero attached hydrogens (tertiary/aromatic N) is 1. The van der Waals surface area contributed by atoms with Crippen LogP contribution in [0.4, 0.5) is 4.79 Å². The molecule has 194 valence electrons. The predicted octanol–water partition coefficient (Wildman–Crippen LogP) is 5.63. The van der Waals surface area contributed by atoms with Crippen LogP contribution in [0.5, 0.6) is 0 Å². The molecular formula is C29H44N2O4. The van der Waals surface area contributed by atoms with Crippen LogP contribution in [0.1, 0.15) is 86.5 Å². The molecule has 2 saturated carbocycles. The van der Waals surface area contributed by atoms with Crippen molar-refractivity contribution in [1.82, 2.24) is 10.2 Å². The van der Waals surface area contributed by atoms with E-state index >= 15 is 0 Å². The molecule has 3 unspecified atom stereocenters. The standard InChI is InChI=1S/C29H44N2O4/c1-17(2)30-27(34)31(18(3)4)25(32)24-11-10-22-21-9-8-20-16-19(26(33)35-7)12-14-28(20,5)23(21)13-15-29(22,24)6/h8,16-18,21-24H,9-15H2,1-7H3,(H,30,34)/t21?,22?,23?,24-,28+,29+/m1/s1. The average Bonchev–Trinajstić information content (AvgIpc) is 3.14. The van der Waals surface area contributed by atoms with Gasteiger partial charge in [0.05, 0.1) is 7.11 Å². The summed E-state index contributed by atoms with van der Waals surface area (Å²) < 4.78 is 4.99. The Labute approximate surface area is 210 Å². The van der Waals surface area contributed by atoms with E-state index in [-0.39, 0.29) is 46.7 Å². The number of carbonyl (C=O) groups excluding carboxylic acids is 3. The van der Waals surface area contributed by atoms with Crippen LogP contribution in [-0.2, 0) is 14.3 Å². The molecule has 2 fully saturated rings. The van der Waals surface area contributed by atoms with Gasteiger partial charge in [0.2, 0.25) is 5.91 Å². The number of methoxy groups -OCH3 is 1. The number of esters is 1. The van der Waals surface area contributed by atoms with Gasteiger partial charge in [-0.3, -0.25) is 9.69 Å². The molecular weight excluding hydrogens is 440 g/mol.